The number of carboxylic acid groups (broad SMARTS) is 1. The van der Waals surface area contributed by atoms with Crippen LogP contribution >= 0.6 is 11.6 Å². The predicted octanol–water partition coefficient (Wildman–Crippen LogP) is 1.84. The Morgan fingerprint density at radius 1 is 1.12 bits per heavy atom. The number of fused-ring (bicyclic) bond motifs is 2. The lowest BCUT2D eigenvalue weighted by Crippen LogP contribution is -2.55. The number of rotatable bonds is 6. The Hall–Kier alpha value is -4.92. The first-order chi connectivity index (χ1) is 23.4. The largest absolute Gasteiger partial charge is 0.480 e. The van der Waals surface area contributed by atoms with E-state index in [4.69, 9.17) is 16.1 Å². The van der Waals surface area contributed by atoms with Crippen molar-refractivity contribution in [3.05, 3.63) is 52.0 Å². The van der Waals surface area contributed by atoms with Gasteiger partial charge >= 0.3 is 5.97 Å². The van der Waals surface area contributed by atoms with E-state index in [0.29, 0.717) is 41.3 Å². The van der Waals surface area contributed by atoms with Gasteiger partial charge in [0.25, 0.3) is 11.8 Å². The Morgan fingerprint density at radius 3 is 2.61 bits per heavy atom. The van der Waals surface area contributed by atoms with E-state index in [1.165, 1.54) is 4.90 Å². The van der Waals surface area contributed by atoms with Crippen LogP contribution in [0.1, 0.15) is 77.7 Å². The summed E-state index contributed by atoms with van der Waals surface area (Å²) < 4.78 is 6.84. The van der Waals surface area contributed by atoms with Crippen LogP contribution in [0.4, 0.5) is 0 Å². The summed E-state index contributed by atoms with van der Waals surface area (Å²) >= 11 is 6.40. The number of carbonyl (C=O) groups excluding carboxylic acids is 5. The maximum absolute atomic E-state index is 14.3. The van der Waals surface area contributed by atoms with Crippen molar-refractivity contribution in [3.8, 4) is 0 Å². The molecule has 4 atom stereocenters. The van der Waals surface area contributed by atoms with Crippen LogP contribution in [-0.2, 0) is 32.6 Å². The standard InChI is InChI=1S/C33H40ClN7O8/c1-4-21-27(17(2)49-39-21)31(45)36-19-15-25-30(44)38-23(33(47)48)11-12-26(42)35-13-6-5-10-22(32(46)41(25)16-19)37-29(43)24-14-18-8-7-9-20(34)28(18)40(24)3/h7-9,14,19,22-23,25H,4-6,10-13,15-16H2,1-3H3,(H,35,42)(H,36,45)(H,37,43)(H,38,44)(H,47,48)/t19-,22+,23+,25+/m1/s1. The van der Waals surface area contributed by atoms with Gasteiger partial charge in [-0.2, -0.15) is 0 Å². The van der Waals surface area contributed by atoms with E-state index >= 15 is 0 Å². The molecule has 2 aromatic heterocycles. The number of hydrogen-bond donors (Lipinski definition) is 5. The molecular formula is C33H40ClN7O8. The maximum Gasteiger partial charge on any atom is 0.326 e. The van der Waals surface area contributed by atoms with Gasteiger partial charge in [0.2, 0.25) is 17.7 Å². The van der Waals surface area contributed by atoms with Gasteiger partial charge in [-0.3, -0.25) is 24.0 Å². The fourth-order valence-corrected chi connectivity index (χ4v) is 6.81. The third-order valence-corrected chi connectivity index (χ3v) is 9.38. The molecule has 5 rings (SSSR count). The number of amides is 5. The third-order valence-electron chi connectivity index (χ3n) is 9.08. The summed E-state index contributed by atoms with van der Waals surface area (Å²) in [5.74, 6) is -3.72. The minimum absolute atomic E-state index is 0.0235. The van der Waals surface area contributed by atoms with Crippen molar-refractivity contribution < 1.29 is 38.4 Å². The molecule has 0 aliphatic carbocycles. The number of para-hydroxylation sites is 1. The molecular weight excluding hydrogens is 658 g/mol. The van der Waals surface area contributed by atoms with E-state index in [1.807, 2.05) is 13.0 Å². The fourth-order valence-electron chi connectivity index (χ4n) is 6.51. The van der Waals surface area contributed by atoms with Crippen LogP contribution in [0.25, 0.3) is 10.9 Å². The van der Waals surface area contributed by atoms with Crippen LogP contribution in [0, 0.1) is 6.92 Å². The summed E-state index contributed by atoms with van der Waals surface area (Å²) in [5, 5.41) is 25.9. The number of aryl methyl sites for hydroxylation is 3. The van der Waals surface area contributed by atoms with Gasteiger partial charge in [-0.15, -0.1) is 0 Å². The van der Waals surface area contributed by atoms with Crippen molar-refractivity contribution in [1.29, 1.82) is 0 Å². The Morgan fingerprint density at radius 2 is 1.90 bits per heavy atom. The van der Waals surface area contributed by atoms with Gasteiger partial charge in [0, 0.05) is 38.0 Å². The van der Waals surface area contributed by atoms with Crippen molar-refractivity contribution in [2.45, 2.75) is 83.0 Å². The summed E-state index contributed by atoms with van der Waals surface area (Å²) in [6, 6.07) is 2.61. The minimum Gasteiger partial charge on any atom is -0.480 e. The van der Waals surface area contributed by atoms with Crippen molar-refractivity contribution in [2.24, 2.45) is 7.05 Å². The van der Waals surface area contributed by atoms with Gasteiger partial charge in [0.05, 0.1) is 16.2 Å². The zero-order valence-corrected chi connectivity index (χ0v) is 28.3. The van der Waals surface area contributed by atoms with Gasteiger partial charge in [-0.25, -0.2) is 4.79 Å². The summed E-state index contributed by atoms with van der Waals surface area (Å²) in [7, 11) is 1.69. The van der Waals surface area contributed by atoms with Gasteiger partial charge in [0.15, 0.2) is 0 Å². The quantitative estimate of drug-likeness (QED) is 0.255. The van der Waals surface area contributed by atoms with Crippen molar-refractivity contribution >= 4 is 58.0 Å². The van der Waals surface area contributed by atoms with Crippen LogP contribution < -0.4 is 21.3 Å². The lowest BCUT2D eigenvalue weighted by Gasteiger charge is -2.29. The maximum atomic E-state index is 14.3. The number of benzene rings is 1. The van der Waals surface area contributed by atoms with E-state index in [-0.39, 0.29) is 55.9 Å². The molecule has 0 spiro atoms. The summed E-state index contributed by atoms with van der Waals surface area (Å²) in [5.41, 5.74) is 1.64. The zero-order chi connectivity index (χ0) is 35.4. The van der Waals surface area contributed by atoms with Gasteiger partial charge in [-0.1, -0.05) is 35.8 Å². The molecule has 0 bridgehead atoms. The molecule has 262 valence electrons. The molecule has 2 saturated heterocycles. The zero-order valence-electron chi connectivity index (χ0n) is 27.5. The normalized spacial score (nSPS) is 22.4. The van der Waals surface area contributed by atoms with Crippen LogP contribution in [0.3, 0.4) is 0 Å². The molecule has 5 amide bonds. The molecule has 15 nitrogen and oxygen atoms in total. The van der Waals surface area contributed by atoms with Crippen LogP contribution in [0.15, 0.2) is 28.8 Å². The average Bonchev–Trinajstić information content (AvgIpc) is 3.76. The SMILES string of the molecule is CCc1noc(C)c1C(=O)N[C@@H]1C[C@H]2C(=O)N[C@H](C(=O)O)CCC(=O)NCCCC[C@H](NC(=O)c3cc4cccc(Cl)c4n3C)C(=O)N2C1. The Labute approximate surface area is 287 Å². The average molecular weight is 698 g/mol. The first-order valence-electron chi connectivity index (χ1n) is 16.3. The third kappa shape index (κ3) is 7.71. The number of halogens is 1. The molecule has 0 unspecified atom stereocenters. The smallest absolute Gasteiger partial charge is 0.326 e. The second-order valence-electron chi connectivity index (χ2n) is 12.4. The summed E-state index contributed by atoms with van der Waals surface area (Å²) in [6.07, 6.45) is 1.23. The number of aromatic nitrogens is 2. The lowest BCUT2D eigenvalue weighted by molar-refractivity contribution is -0.144. The van der Waals surface area contributed by atoms with Crippen LogP contribution in [0.5, 0.6) is 0 Å². The highest BCUT2D eigenvalue weighted by Crippen LogP contribution is 2.27. The summed E-state index contributed by atoms with van der Waals surface area (Å²) in [6.45, 7) is 3.64. The van der Waals surface area contributed by atoms with Crippen LogP contribution in [-0.4, -0.2) is 92.5 Å². The van der Waals surface area contributed by atoms with Crippen molar-refractivity contribution in [2.75, 3.05) is 13.1 Å². The lowest BCUT2D eigenvalue weighted by atomic mass is 10.1. The number of nitrogens with zero attached hydrogens (tertiary/aromatic N) is 3. The van der Waals surface area contributed by atoms with E-state index in [0.717, 1.165) is 5.39 Å². The number of carboxylic acids is 1. The first kappa shape index (κ1) is 35.4. The van der Waals surface area contributed by atoms with E-state index in [9.17, 15) is 33.9 Å². The molecule has 16 heteroatoms. The van der Waals surface area contributed by atoms with E-state index < -0.39 is 53.8 Å². The molecule has 4 heterocycles. The summed E-state index contributed by atoms with van der Waals surface area (Å²) in [4.78, 5) is 80.9. The van der Waals surface area contributed by atoms with Crippen molar-refractivity contribution in [1.82, 2.24) is 35.9 Å². The van der Waals surface area contributed by atoms with Crippen LogP contribution in [0.2, 0.25) is 5.02 Å². The molecule has 2 aliphatic heterocycles. The molecule has 1 aromatic carbocycles. The highest BCUT2D eigenvalue weighted by molar-refractivity contribution is 6.35. The molecule has 5 N–H and O–H groups in total. The number of carbonyl (C=O) groups is 6. The fraction of sp³-hybridized carbons (Fsp3) is 0.485. The molecule has 3 aromatic rings. The number of aliphatic carboxylic acids is 1. The van der Waals surface area contributed by atoms with Gasteiger partial charge in [0.1, 0.15) is 35.1 Å². The molecule has 0 saturated carbocycles. The minimum atomic E-state index is -1.39. The second kappa shape index (κ2) is 15.1. The second-order valence-corrected chi connectivity index (χ2v) is 12.8. The number of nitrogens with one attached hydrogen (secondary N) is 4. The molecule has 49 heavy (non-hydrogen) atoms. The number of hydrogen-bond acceptors (Lipinski definition) is 8. The first-order valence-corrected chi connectivity index (χ1v) is 16.7. The highest BCUT2D eigenvalue weighted by atomic mass is 35.5. The topological polar surface area (TPSA) is 205 Å². The van der Waals surface area contributed by atoms with E-state index in [1.54, 1.807) is 36.7 Å². The Bertz CT molecular complexity index is 1790. The molecule has 2 fully saturated rings. The highest BCUT2D eigenvalue weighted by Gasteiger charge is 2.44. The van der Waals surface area contributed by atoms with Gasteiger partial charge in [-0.05, 0) is 57.6 Å². The molecule has 0 radical (unpaired) electrons. The predicted molar refractivity (Wildman–Crippen MR) is 177 cm³/mol. The molecule has 2 aliphatic rings. The van der Waals surface area contributed by atoms with Gasteiger partial charge < -0.3 is 40.4 Å². The van der Waals surface area contributed by atoms with E-state index in [2.05, 4.69) is 26.4 Å². The monoisotopic (exact) mass is 697 g/mol. The van der Waals surface area contributed by atoms with Crippen molar-refractivity contribution in [3.63, 3.8) is 0 Å². The Kier molecular flexibility index (Phi) is 10.9. The Balaban J connectivity index is 1.45.